The minimum atomic E-state index is -0.391. The van der Waals surface area contributed by atoms with Gasteiger partial charge < -0.3 is 0 Å². The highest BCUT2D eigenvalue weighted by molar-refractivity contribution is 7.85. The number of hydrogen-bond acceptors (Lipinski definition) is 2. The topological polar surface area (TPSA) is 0 Å². The fraction of sp³-hybridized carbons (Fsp3) is 0.300. The zero-order valence-electron chi connectivity index (χ0n) is 14.3. The summed E-state index contributed by atoms with van der Waals surface area (Å²) in [6.07, 6.45) is 10.1. The third kappa shape index (κ3) is 6.98. The summed E-state index contributed by atoms with van der Waals surface area (Å²) in [4.78, 5) is 0. The molecule has 1 aromatic rings. The predicted molar refractivity (Wildman–Crippen MR) is 109 cm³/mol. The van der Waals surface area contributed by atoms with Crippen LogP contribution in [0.1, 0.15) is 37.8 Å². The first kappa shape index (κ1) is 22.6. The van der Waals surface area contributed by atoms with Crippen molar-refractivity contribution in [3.8, 4) is 11.2 Å². The van der Waals surface area contributed by atoms with E-state index in [9.17, 15) is 8.78 Å². The van der Waals surface area contributed by atoms with Gasteiger partial charge >= 0.3 is 0 Å². The number of benzene rings is 1. The number of hydrogen-bond donors (Lipinski definition) is 2. The maximum atomic E-state index is 14.3. The molecule has 130 valence electrons. The second-order valence-corrected chi connectivity index (χ2v) is 5.57. The van der Waals surface area contributed by atoms with Gasteiger partial charge in [0.1, 0.15) is 5.82 Å². The molecule has 1 aliphatic carbocycles. The first-order valence-corrected chi connectivity index (χ1v) is 8.79. The normalized spacial score (nSPS) is 12.4. The zero-order valence-corrected chi connectivity index (χ0v) is 16.1. The Bertz CT molecular complexity index is 647. The van der Waals surface area contributed by atoms with Gasteiger partial charge in [0.05, 0.1) is 11.7 Å². The number of allylic oxidation sites excluding steroid dienone is 4. The Kier molecular flexibility index (Phi) is 11.3. The molecule has 0 bridgehead atoms. The van der Waals surface area contributed by atoms with Crippen LogP contribution in [0.25, 0.3) is 5.57 Å². The minimum absolute atomic E-state index is 0.190. The molecule has 0 saturated carbocycles. The largest absolute Gasteiger partial charge is 0.216 e. The lowest BCUT2D eigenvalue weighted by atomic mass is 9.84. The van der Waals surface area contributed by atoms with Crippen LogP contribution < -0.4 is 0 Å². The standard InChI is InChI=1S/C17H17FS.C2H3F.CH4S/c1-17(2,10-11-19)14-8-9-15(16(18)12-14)13-6-4-3-5-7-13;1-2-3;1-2/h4,6-9,12,19H,3,5H2,1-2H3;2H,1H2;2H,1H3. The van der Waals surface area contributed by atoms with Crippen LogP contribution in [-0.4, -0.2) is 6.26 Å². The highest BCUT2D eigenvalue weighted by atomic mass is 32.1. The van der Waals surface area contributed by atoms with E-state index in [0.717, 1.165) is 24.0 Å². The van der Waals surface area contributed by atoms with Crippen LogP contribution in [0, 0.1) is 17.0 Å². The van der Waals surface area contributed by atoms with Gasteiger partial charge in [-0.15, -0.1) is 0 Å². The molecule has 2 rings (SSSR count). The van der Waals surface area contributed by atoms with Crippen LogP contribution in [-0.2, 0) is 5.41 Å². The van der Waals surface area contributed by atoms with Gasteiger partial charge in [0.25, 0.3) is 0 Å². The van der Waals surface area contributed by atoms with Crippen molar-refractivity contribution < 1.29 is 8.78 Å². The van der Waals surface area contributed by atoms with Crippen LogP contribution in [0.3, 0.4) is 0 Å². The van der Waals surface area contributed by atoms with E-state index in [1.807, 2.05) is 32.1 Å². The summed E-state index contributed by atoms with van der Waals surface area (Å²) in [5.41, 5.74) is 2.11. The van der Waals surface area contributed by atoms with Crippen molar-refractivity contribution in [3.63, 3.8) is 0 Å². The molecule has 0 N–H and O–H groups in total. The van der Waals surface area contributed by atoms with Crippen molar-refractivity contribution in [2.24, 2.45) is 0 Å². The van der Waals surface area contributed by atoms with Crippen LogP contribution >= 0.6 is 25.3 Å². The van der Waals surface area contributed by atoms with E-state index in [2.05, 4.69) is 55.2 Å². The van der Waals surface area contributed by atoms with E-state index >= 15 is 0 Å². The summed E-state index contributed by atoms with van der Waals surface area (Å²) in [5, 5.41) is 2.60. The van der Waals surface area contributed by atoms with Gasteiger partial charge in [-0.25, -0.2) is 8.78 Å². The molecule has 0 aromatic heterocycles. The van der Waals surface area contributed by atoms with E-state index < -0.39 is 5.41 Å². The summed E-state index contributed by atoms with van der Waals surface area (Å²) in [7, 11) is 0. The van der Waals surface area contributed by atoms with Gasteiger partial charge in [0.15, 0.2) is 0 Å². The van der Waals surface area contributed by atoms with Crippen molar-refractivity contribution >= 4 is 30.8 Å². The molecule has 0 heterocycles. The van der Waals surface area contributed by atoms with Crippen molar-refractivity contribution in [3.05, 3.63) is 66.3 Å². The third-order valence-corrected chi connectivity index (χ3v) is 3.48. The molecular weight excluding hydrogens is 342 g/mol. The Morgan fingerprint density at radius 1 is 1.25 bits per heavy atom. The van der Waals surface area contributed by atoms with Crippen molar-refractivity contribution in [2.75, 3.05) is 6.26 Å². The first-order valence-electron chi connectivity index (χ1n) is 7.45. The van der Waals surface area contributed by atoms with Crippen LogP contribution in [0.4, 0.5) is 8.78 Å². The number of thiol groups is 2. The fourth-order valence-corrected chi connectivity index (χ4v) is 2.44. The van der Waals surface area contributed by atoms with E-state index in [-0.39, 0.29) is 12.1 Å². The monoisotopic (exact) mass is 366 g/mol. The van der Waals surface area contributed by atoms with E-state index in [4.69, 9.17) is 0 Å². The van der Waals surface area contributed by atoms with Crippen molar-refractivity contribution in [2.45, 2.75) is 32.1 Å². The molecule has 0 radical (unpaired) electrons. The summed E-state index contributed by atoms with van der Waals surface area (Å²) in [5.74, 6) is 2.79. The quantitative estimate of drug-likeness (QED) is 0.441. The predicted octanol–water partition coefficient (Wildman–Crippen LogP) is 6.37. The highest BCUT2D eigenvalue weighted by Gasteiger charge is 2.19. The van der Waals surface area contributed by atoms with Crippen molar-refractivity contribution in [1.82, 2.24) is 0 Å². The molecule has 0 atom stereocenters. The van der Waals surface area contributed by atoms with Crippen LogP contribution in [0.5, 0.6) is 0 Å². The molecule has 24 heavy (non-hydrogen) atoms. The number of halogens is 2. The Morgan fingerprint density at radius 2 is 1.88 bits per heavy atom. The summed E-state index contributed by atoms with van der Waals surface area (Å²) >= 11 is 7.45. The Labute approximate surface area is 155 Å². The minimum Gasteiger partial charge on any atom is -0.216 e. The zero-order chi connectivity index (χ0) is 18.6. The van der Waals surface area contributed by atoms with E-state index in [1.165, 1.54) is 0 Å². The lowest BCUT2D eigenvalue weighted by Crippen LogP contribution is -2.14. The van der Waals surface area contributed by atoms with E-state index in [0.29, 0.717) is 5.56 Å². The first-order chi connectivity index (χ1) is 11.5. The SMILES string of the molecule is C=CF.CC(C)(C#CS)c1ccc(C2=CCCC=C2)c(F)c1.CS. The molecule has 0 nitrogen and oxygen atoms in total. The van der Waals surface area contributed by atoms with Crippen molar-refractivity contribution in [1.29, 1.82) is 0 Å². The van der Waals surface area contributed by atoms with Gasteiger partial charge in [-0.1, -0.05) is 55.5 Å². The van der Waals surface area contributed by atoms with Crippen LogP contribution in [0.15, 0.2) is 49.3 Å². The van der Waals surface area contributed by atoms with Gasteiger partial charge in [0, 0.05) is 5.56 Å². The smallest absolute Gasteiger partial charge is 0.131 e. The maximum absolute atomic E-state index is 14.3. The second kappa shape index (κ2) is 12.0. The molecule has 0 amide bonds. The van der Waals surface area contributed by atoms with Gasteiger partial charge in [-0.2, -0.15) is 12.6 Å². The van der Waals surface area contributed by atoms with Crippen LogP contribution in [0.2, 0.25) is 0 Å². The number of rotatable bonds is 2. The second-order valence-electron chi connectivity index (χ2n) is 5.35. The molecule has 1 aromatic carbocycles. The molecule has 0 saturated heterocycles. The average Bonchev–Trinajstić information content (AvgIpc) is 2.58. The maximum Gasteiger partial charge on any atom is 0.131 e. The average molecular weight is 367 g/mol. The molecule has 0 aliphatic heterocycles. The fourth-order valence-electron chi connectivity index (χ4n) is 2.16. The van der Waals surface area contributed by atoms with E-state index in [1.54, 1.807) is 12.3 Å². The molecule has 1 aliphatic rings. The summed E-state index contributed by atoms with van der Waals surface area (Å²) < 4.78 is 24.3. The Morgan fingerprint density at radius 3 is 2.33 bits per heavy atom. The molecular formula is C20H24F2S2. The molecule has 0 unspecified atom stereocenters. The summed E-state index contributed by atoms with van der Waals surface area (Å²) in [6.45, 7) is 6.62. The molecule has 4 heteroatoms. The van der Waals surface area contributed by atoms with Gasteiger partial charge in [0.2, 0.25) is 0 Å². The molecule has 0 spiro atoms. The lowest BCUT2D eigenvalue weighted by Gasteiger charge is -2.19. The molecule has 0 fully saturated rings. The summed E-state index contributed by atoms with van der Waals surface area (Å²) in [6, 6.07) is 5.37. The van der Waals surface area contributed by atoms with Gasteiger partial charge in [-0.3, -0.25) is 0 Å². The Balaban J connectivity index is 0.000000952. The highest BCUT2D eigenvalue weighted by Crippen LogP contribution is 2.29. The lowest BCUT2D eigenvalue weighted by molar-refractivity contribution is 0.611. The third-order valence-electron chi connectivity index (χ3n) is 3.37. The van der Waals surface area contributed by atoms with Gasteiger partial charge in [-0.05, 0) is 55.4 Å². The Hall–Kier alpha value is -1.44.